The number of anilines is 1. The van der Waals surface area contributed by atoms with E-state index in [1.807, 2.05) is 24.5 Å². The van der Waals surface area contributed by atoms with Crippen LogP contribution in [0.2, 0.25) is 5.02 Å². The Morgan fingerprint density at radius 1 is 0.964 bits per heavy atom. The van der Waals surface area contributed by atoms with E-state index in [1.54, 1.807) is 24.3 Å². The van der Waals surface area contributed by atoms with E-state index in [-0.39, 0.29) is 24.3 Å². The molecule has 2 saturated heterocycles. The van der Waals surface area contributed by atoms with Gasteiger partial charge in [-0.3, -0.25) is 19.5 Å². The molecular weight excluding hydrogens is 376 g/mol. The molecule has 4 rings (SSSR count). The minimum atomic E-state index is -0.356. The van der Waals surface area contributed by atoms with E-state index in [1.165, 1.54) is 10.5 Å². The van der Waals surface area contributed by atoms with Crippen molar-refractivity contribution in [1.82, 2.24) is 14.8 Å². The summed E-state index contributed by atoms with van der Waals surface area (Å²) in [5.74, 6) is -0.269. The molecule has 6 nitrogen and oxygen atoms in total. The first-order valence-corrected chi connectivity index (χ1v) is 9.97. The predicted octanol–water partition coefficient (Wildman–Crippen LogP) is 2.23. The number of piperazine rings is 1. The molecule has 3 heterocycles. The molecule has 2 aliphatic rings. The molecule has 2 aliphatic heterocycles. The van der Waals surface area contributed by atoms with Crippen LogP contribution in [-0.2, 0) is 16.0 Å². The second-order valence-electron chi connectivity index (χ2n) is 7.25. The Hall–Kier alpha value is -2.28. The molecule has 0 saturated carbocycles. The van der Waals surface area contributed by atoms with Crippen LogP contribution in [0, 0.1) is 0 Å². The summed E-state index contributed by atoms with van der Waals surface area (Å²) in [5.41, 5.74) is 1.88. The number of rotatable bonds is 5. The lowest BCUT2D eigenvalue weighted by Crippen LogP contribution is -2.52. The Morgan fingerprint density at radius 2 is 1.64 bits per heavy atom. The van der Waals surface area contributed by atoms with Crippen molar-refractivity contribution >= 4 is 29.1 Å². The van der Waals surface area contributed by atoms with Crippen molar-refractivity contribution in [3.8, 4) is 0 Å². The van der Waals surface area contributed by atoms with Crippen molar-refractivity contribution in [1.29, 1.82) is 0 Å². The van der Waals surface area contributed by atoms with E-state index in [2.05, 4.69) is 14.8 Å². The zero-order valence-electron chi connectivity index (χ0n) is 15.6. The highest BCUT2D eigenvalue weighted by atomic mass is 35.5. The molecule has 0 bridgehead atoms. The molecule has 146 valence electrons. The van der Waals surface area contributed by atoms with Crippen molar-refractivity contribution in [2.75, 3.05) is 37.6 Å². The number of hydrogen-bond donors (Lipinski definition) is 0. The SMILES string of the molecule is O=C1C[C@H](N2CCN(CCc3ccncc3)CC2)C(=O)N1c1ccc(Cl)cc1. The van der Waals surface area contributed by atoms with Crippen LogP contribution in [-0.4, -0.2) is 65.4 Å². The standard InChI is InChI=1S/C21H23ClN4O2/c22-17-1-3-18(4-2-17)26-20(27)15-19(21(26)28)25-13-11-24(12-14-25)10-7-16-5-8-23-9-6-16/h1-6,8-9,19H,7,10-15H2/t19-/m0/s1. The lowest BCUT2D eigenvalue weighted by atomic mass is 10.1. The minimum absolute atomic E-state index is 0.127. The zero-order chi connectivity index (χ0) is 19.5. The van der Waals surface area contributed by atoms with Crippen molar-refractivity contribution in [3.05, 3.63) is 59.4 Å². The van der Waals surface area contributed by atoms with Gasteiger partial charge in [-0.25, -0.2) is 4.90 Å². The Bertz CT molecular complexity index is 835. The zero-order valence-corrected chi connectivity index (χ0v) is 16.4. The van der Waals surface area contributed by atoms with Crippen molar-refractivity contribution in [3.63, 3.8) is 0 Å². The maximum atomic E-state index is 12.9. The number of pyridine rings is 1. The molecule has 1 aromatic carbocycles. The smallest absolute Gasteiger partial charge is 0.251 e. The van der Waals surface area contributed by atoms with Gasteiger partial charge in [0.2, 0.25) is 5.91 Å². The number of benzene rings is 1. The topological polar surface area (TPSA) is 56.8 Å². The Balaban J connectivity index is 1.32. The fourth-order valence-corrected chi connectivity index (χ4v) is 4.02. The van der Waals surface area contributed by atoms with E-state index in [4.69, 9.17) is 11.6 Å². The molecule has 0 radical (unpaired) electrons. The summed E-state index contributed by atoms with van der Waals surface area (Å²) in [6, 6.07) is 10.6. The third-order valence-electron chi connectivity index (χ3n) is 5.52. The summed E-state index contributed by atoms with van der Waals surface area (Å²) in [7, 11) is 0. The first-order chi connectivity index (χ1) is 13.6. The van der Waals surface area contributed by atoms with E-state index >= 15 is 0 Å². The highest BCUT2D eigenvalue weighted by Crippen LogP contribution is 2.27. The molecule has 28 heavy (non-hydrogen) atoms. The van der Waals surface area contributed by atoms with Gasteiger partial charge in [0.05, 0.1) is 18.2 Å². The summed E-state index contributed by atoms with van der Waals surface area (Å²) in [4.78, 5) is 35.3. The van der Waals surface area contributed by atoms with Crippen molar-refractivity contribution in [2.45, 2.75) is 18.9 Å². The maximum Gasteiger partial charge on any atom is 0.251 e. The quantitative estimate of drug-likeness (QED) is 0.723. The molecule has 0 aliphatic carbocycles. The van der Waals surface area contributed by atoms with Crippen LogP contribution < -0.4 is 4.90 Å². The summed E-state index contributed by atoms with van der Waals surface area (Å²) in [5, 5.41) is 0.585. The second kappa shape index (κ2) is 8.39. The van der Waals surface area contributed by atoms with Gasteiger partial charge >= 0.3 is 0 Å². The van der Waals surface area contributed by atoms with Gasteiger partial charge in [-0.05, 0) is 48.4 Å². The van der Waals surface area contributed by atoms with Gasteiger partial charge < -0.3 is 4.90 Å². The molecule has 0 unspecified atom stereocenters. The Morgan fingerprint density at radius 3 is 2.32 bits per heavy atom. The maximum absolute atomic E-state index is 12.9. The largest absolute Gasteiger partial charge is 0.300 e. The number of imide groups is 1. The lowest BCUT2D eigenvalue weighted by molar-refractivity contribution is -0.123. The summed E-state index contributed by atoms with van der Waals surface area (Å²) >= 11 is 5.92. The third-order valence-corrected chi connectivity index (χ3v) is 5.77. The van der Waals surface area contributed by atoms with Crippen LogP contribution >= 0.6 is 11.6 Å². The first-order valence-electron chi connectivity index (χ1n) is 9.59. The van der Waals surface area contributed by atoms with Gasteiger partial charge in [-0.2, -0.15) is 0 Å². The first kappa shape index (κ1) is 19.1. The number of aromatic nitrogens is 1. The van der Waals surface area contributed by atoms with Gasteiger partial charge in [-0.1, -0.05) is 11.6 Å². The third kappa shape index (κ3) is 4.09. The highest BCUT2D eigenvalue weighted by molar-refractivity contribution is 6.30. The van der Waals surface area contributed by atoms with Gasteiger partial charge in [0.25, 0.3) is 5.91 Å². The molecular formula is C21H23ClN4O2. The van der Waals surface area contributed by atoms with Crippen LogP contribution in [0.5, 0.6) is 0 Å². The second-order valence-corrected chi connectivity index (χ2v) is 7.68. The number of hydrogen-bond acceptors (Lipinski definition) is 5. The molecule has 1 atom stereocenters. The van der Waals surface area contributed by atoms with Crippen LogP contribution in [0.1, 0.15) is 12.0 Å². The fourth-order valence-electron chi connectivity index (χ4n) is 3.90. The number of carbonyl (C=O) groups is 2. The van der Waals surface area contributed by atoms with E-state index in [0.717, 1.165) is 39.1 Å². The predicted molar refractivity (Wildman–Crippen MR) is 108 cm³/mol. The van der Waals surface area contributed by atoms with Crippen LogP contribution in [0.15, 0.2) is 48.8 Å². The van der Waals surface area contributed by atoms with E-state index < -0.39 is 0 Å². The summed E-state index contributed by atoms with van der Waals surface area (Å²) in [6.45, 7) is 4.41. The summed E-state index contributed by atoms with van der Waals surface area (Å²) < 4.78 is 0. The summed E-state index contributed by atoms with van der Waals surface area (Å²) in [6.07, 6.45) is 4.89. The highest BCUT2D eigenvalue weighted by Gasteiger charge is 2.43. The number of nitrogens with zero attached hydrogens (tertiary/aromatic N) is 4. The molecule has 1 aromatic heterocycles. The minimum Gasteiger partial charge on any atom is -0.300 e. The molecule has 2 aromatic rings. The van der Waals surface area contributed by atoms with E-state index in [0.29, 0.717) is 10.7 Å². The van der Waals surface area contributed by atoms with Gasteiger partial charge in [0.1, 0.15) is 0 Å². The molecule has 2 amide bonds. The average Bonchev–Trinajstić information content (AvgIpc) is 3.02. The number of halogens is 1. The average molecular weight is 399 g/mol. The lowest BCUT2D eigenvalue weighted by Gasteiger charge is -2.37. The normalized spacial score (nSPS) is 21.5. The van der Waals surface area contributed by atoms with Gasteiger partial charge in [0.15, 0.2) is 0 Å². The van der Waals surface area contributed by atoms with Crippen molar-refractivity contribution in [2.24, 2.45) is 0 Å². The van der Waals surface area contributed by atoms with Gasteiger partial charge in [-0.15, -0.1) is 0 Å². The van der Waals surface area contributed by atoms with E-state index in [9.17, 15) is 9.59 Å². The van der Waals surface area contributed by atoms with Crippen LogP contribution in [0.3, 0.4) is 0 Å². The van der Waals surface area contributed by atoms with Crippen molar-refractivity contribution < 1.29 is 9.59 Å². The molecule has 7 heteroatoms. The molecule has 2 fully saturated rings. The van der Waals surface area contributed by atoms with Gasteiger partial charge in [0, 0.05) is 50.1 Å². The fraction of sp³-hybridized carbons (Fsp3) is 0.381. The monoisotopic (exact) mass is 398 g/mol. The Kier molecular flexibility index (Phi) is 5.71. The molecule has 0 spiro atoms. The number of amides is 2. The van der Waals surface area contributed by atoms with Crippen LogP contribution in [0.25, 0.3) is 0 Å². The Labute approximate surface area is 169 Å². The molecule has 0 N–H and O–H groups in total. The number of carbonyl (C=O) groups excluding carboxylic acids is 2. The van der Waals surface area contributed by atoms with Crippen LogP contribution in [0.4, 0.5) is 5.69 Å².